The van der Waals surface area contributed by atoms with Gasteiger partial charge in [-0.15, -0.1) is 0 Å². The van der Waals surface area contributed by atoms with Crippen molar-refractivity contribution in [3.8, 4) is 11.8 Å². The first-order valence-corrected chi connectivity index (χ1v) is 18.8. The molecule has 3 aromatic carbocycles. The molecule has 0 bridgehead atoms. The van der Waals surface area contributed by atoms with Crippen molar-refractivity contribution in [2.45, 2.75) is 37.2 Å². The summed E-state index contributed by atoms with van der Waals surface area (Å²) in [4.78, 5) is 30.6. The number of benzene rings is 3. The maximum Gasteiger partial charge on any atom is 0.411 e. The topological polar surface area (TPSA) is 123 Å². The quantitative estimate of drug-likeness (QED) is 0.289. The molecule has 3 aromatic rings. The van der Waals surface area contributed by atoms with Crippen LogP contribution in [0.3, 0.4) is 0 Å². The van der Waals surface area contributed by atoms with Crippen molar-refractivity contribution < 1.29 is 27.5 Å². The summed E-state index contributed by atoms with van der Waals surface area (Å²) in [6, 6.07) is 17.2. The summed E-state index contributed by atoms with van der Waals surface area (Å²) in [5.41, 5.74) is -1.96. The van der Waals surface area contributed by atoms with E-state index in [1.807, 2.05) is 0 Å². The van der Waals surface area contributed by atoms with Gasteiger partial charge in [-0.25, -0.2) is 23.2 Å². The van der Waals surface area contributed by atoms with Crippen molar-refractivity contribution in [2.24, 2.45) is 5.92 Å². The lowest BCUT2D eigenvalue weighted by atomic mass is 9.85. The van der Waals surface area contributed by atoms with Crippen LogP contribution in [-0.4, -0.2) is 81.2 Å². The molecule has 14 heteroatoms. The Labute approximate surface area is 297 Å². The molecule has 2 saturated heterocycles. The number of nitriles is 1. The van der Waals surface area contributed by atoms with Crippen LogP contribution in [0, 0.1) is 17.2 Å². The maximum atomic E-state index is 15.0. The Kier molecular flexibility index (Phi) is 9.88. The number of ether oxygens (including phenoxy) is 2. The van der Waals surface area contributed by atoms with E-state index >= 15 is 0 Å². The minimum absolute atomic E-state index is 0.0266. The van der Waals surface area contributed by atoms with Crippen LogP contribution in [0.25, 0.3) is 0 Å². The molecule has 0 aliphatic carbocycles. The first kappa shape index (κ1) is 34.4. The van der Waals surface area contributed by atoms with Gasteiger partial charge in [-0.2, -0.15) is 9.57 Å². The van der Waals surface area contributed by atoms with E-state index in [1.54, 1.807) is 37.3 Å². The molecule has 0 aromatic heterocycles. The Morgan fingerprint density at radius 1 is 0.938 bits per heavy atom. The molecule has 2 amide bonds. The van der Waals surface area contributed by atoms with Gasteiger partial charge in [0.25, 0.3) is 15.9 Å². The summed E-state index contributed by atoms with van der Waals surface area (Å²) < 4.78 is 42.8. The number of halogens is 2. The molecule has 252 valence electrons. The average Bonchev–Trinajstić information content (AvgIpc) is 3.34. The van der Waals surface area contributed by atoms with Crippen molar-refractivity contribution in [1.82, 2.24) is 14.9 Å². The molecule has 0 saturated carbocycles. The first-order chi connectivity index (χ1) is 23.0. The third kappa shape index (κ3) is 6.11. The van der Waals surface area contributed by atoms with Gasteiger partial charge in [-0.05, 0) is 100 Å². The number of hydrogen-bond donors (Lipinski definition) is 0. The monoisotopic (exact) mass is 799 g/mol. The normalized spacial score (nSPS) is 20.8. The van der Waals surface area contributed by atoms with E-state index in [0.29, 0.717) is 45.3 Å². The predicted octanol–water partition coefficient (Wildman–Crippen LogP) is 5.86. The lowest BCUT2D eigenvalue weighted by Crippen LogP contribution is -2.57. The number of hydrogen-bond acceptors (Lipinski definition) is 9. The van der Waals surface area contributed by atoms with Crippen molar-refractivity contribution in [1.29, 1.82) is 5.26 Å². The Hall–Kier alpha value is -3.48. The maximum absolute atomic E-state index is 15.0. The second-order valence-corrected chi connectivity index (χ2v) is 15.5. The molecular weight excluding hydrogens is 766 g/mol. The van der Waals surface area contributed by atoms with Crippen LogP contribution in [0.15, 0.2) is 74.5 Å². The Morgan fingerprint density at radius 3 is 2.29 bits per heavy atom. The smallest absolute Gasteiger partial charge is 0.411 e. The van der Waals surface area contributed by atoms with Gasteiger partial charge >= 0.3 is 6.09 Å². The molecule has 3 heterocycles. The number of carbonyl (C=O) groups excluding carboxylic acids is 2. The van der Waals surface area contributed by atoms with E-state index in [-0.39, 0.29) is 39.6 Å². The van der Waals surface area contributed by atoms with Crippen molar-refractivity contribution >= 4 is 59.6 Å². The van der Waals surface area contributed by atoms with Gasteiger partial charge in [0.1, 0.15) is 5.75 Å². The van der Waals surface area contributed by atoms with Crippen LogP contribution in [0.1, 0.15) is 43.4 Å². The zero-order chi connectivity index (χ0) is 34.2. The summed E-state index contributed by atoms with van der Waals surface area (Å²) in [6.07, 6.45) is 1.46. The lowest BCUT2D eigenvalue weighted by Gasteiger charge is -2.43. The summed E-state index contributed by atoms with van der Waals surface area (Å²) in [5.74, 6) is -0.0900. The number of anilines is 1. The zero-order valence-electron chi connectivity index (χ0n) is 26.6. The van der Waals surface area contributed by atoms with Crippen molar-refractivity contribution in [3.05, 3.63) is 86.3 Å². The molecule has 0 spiro atoms. The number of sulfonamides is 1. The number of piperidine rings is 1. The van der Waals surface area contributed by atoms with Gasteiger partial charge in [-0.3, -0.25) is 4.79 Å². The summed E-state index contributed by atoms with van der Waals surface area (Å²) in [5, 5.41) is 14.5. The Balaban J connectivity index is 1.44. The molecule has 11 nitrogen and oxygen atoms in total. The number of carbonyl (C=O) groups is 2. The van der Waals surface area contributed by atoms with E-state index < -0.39 is 27.6 Å². The van der Waals surface area contributed by atoms with E-state index in [1.165, 1.54) is 35.2 Å². The molecule has 0 N–H and O–H groups in total. The van der Waals surface area contributed by atoms with Crippen LogP contribution in [0.4, 0.5) is 10.5 Å². The Morgan fingerprint density at radius 2 is 1.62 bits per heavy atom. The lowest BCUT2D eigenvalue weighted by molar-refractivity contribution is -0.133. The van der Waals surface area contributed by atoms with Crippen molar-refractivity contribution in [2.75, 3.05) is 50.2 Å². The van der Waals surface area contributed by atoms with Gasteiger partial charge in [0.15, 0.2) is 0 Å². The number of para-hydroxylation sites is 1. The first-order valence-electron chi connectivity index (χ1n) is 15.8. The molecule has 1 atom stereocenters. The number of rotatable bonds is 7. The summed E-state index contributed by atoms with van der Waals surface area (Å²) >= 11 is 6.72. The van der Waals surface area contributed by atoms with Gasteiger partial charge in [0.05, 0.1) is 34.4 Å². The predicted molar refractivity (Wildman–Crippen MR) is 186 cm³/mol. The standard InChI is InChI=1S/C34H35Br2N5O6S/c1-3-46-31-7-5-4-6-26(31)34(47-33(43)38-16-18-40(19-17-38)39-14-12-23(2)13-15-39)27-20-24(22-37)8-11-30(27)41(32(34)42)48(44,45)25-9-10-28(35)29(36)21-25/h4-11,20-21,23H,3,12-19H2,1-2H3. The highest BCUT2D eigenvalue weighted by Crippen LogP contribution is 2.52. The second-order valence-electron chi connectivity index (χ2n) is 12.0. The van der Waals surface area contributed by atoms with Crippen LogP contribution in [0.2, 0.25) is 0 Å². The minimum Gasteiger partial charge on any atom is -0.493 e. The fourth-order valence-electron chi connectivity index (χ4n) is 6.50. The van der Waals surface area contributed by atoms with Crippen LogP contribution >= 0.6 is 31.9 Å². The third-order valence-corrected chi connectivity index (χ3v) is 12.7. The number of nitrogens with zero attached hydrogens (tertiary/aromatic N) is 5. The SMILES string of the molecule is CCOc1ccccc1C1(OC(=O)N2CCN(N3CCC(C)CC3)CC2)C(=O)N(S(=O)(=O)c2ccc(Br)c(Br)c2)c2ccc(C#N)cc21. The van der Waals surface area contributed by atoms with Crippen LogP contribution in [0.5, 0.6) is 5.75 Å². The molecule has 2 fully saturated rings. The molecule has 6 rings (SSSR count). The molecule has 0 radical (unpaired) electrons. The van der Waals surface area contributed by atoms with Crippen LogP contribution in [-0.2, 0) is 25.2 Å². The molecule has 1 unspecified atom stereocenters. The van der Waals surface area contributed by atoms with E-state index in [9.17, 15) is 23.3 Å². The largest absolute Gasteiger partial charge is 0.493 e. The van der Waals surface area contributed by atoms with E-state index in [0.717, 1.165) is 25.9 Å². The molecular formula is C34H35Br2N5O6S. The van der Waals surface area contributed by atoms with Crippen LogP contribution < -0.4 is 9.04 Å². The number of hydrazine groups is 1. The highest BCUT2D eigenvalue weighted by atomic mass is 79.9. The van der Waals surface area contributed by atoms with Gasteiger partial charge in [0, 0.05) is 53.8 Å². The highest BCUT2D eigenvalue weighted by Gasteiger charge is 2.61. The minimum atomic E-state index is -4.56. The average molecular weight is 802 g/mol. The Bertz CT molecular complexity index is 1890. The van der Waals surface area contributed by atoms with Gasteiger partial charge in [0.2, 0.25) is 5.60 Å². The van der Waals surface area contributed by atoms with Gasteiger partial charge in [-0.1, -0.05) is 25.1 Å². The number of piperazine rings is 1. The fourth-order valence-corrected chi connectivity index (χ4v) is 8.76. The summed E-state index contributed by atoms with van der Waals surface area (Å²) in [7, 11) is -4.56. The van der Waals surface area contributed by atoms with E-state index in [4.69, 9.17) is 9.47 Å². The zero-order valence-corrected chi connectivity index (χ0v) is 30.6. The highest BCUT2D eigenvalue weighted by molar-refractivity contribution is 9.13. The molecule has 3 aliphatic heterocycles. The van der Waals surface area contributed by atoms with Crippen molar-refractivity contribution in [3.63, 3.8) is 0 Å². The number of amides is 2. The third-order valence-electron chi connectivity index (χ3n) is 9.12. The molecule has 48 heavy (non-hydrogen) atoms. The second kappa shape index (κ2) is 13.8. The summed E-state index contributed by atoms with van der Waals surface area (Å²) in [6.45, 7) is 8.08. The van der Waals surface area contributed by atoms with Gasteiger partial charge < -0.3 is 14.4 Å². The van der Waals surface area contributed by atoms with E-state index in [2.05, 4.69) is 54.9 Å². The molecule has 3 aliphatic rings. The fraction of sp³-hybridized carbons (Fsp3) is 0.382. The number of fused-ring (bicyclic) bond motifs is 1.